The number of hydrogen-bond acceptors (Lipinski definition) is 3. The second-order valence-electron chi connectivity index (χ2n) is 7.05. The fourth-order valence-electron chi connectivity index (χ4n) is 3.82. The Morgan fingerprint density at radius 2 is 1.96 bits per heavy atom. The normalized spacial score (nSPS) is 23.0. The first-order valence-corrected chi connectivity index (χ1v) is 9.19. The third kappa shape index (κ3) is 6.69. The molecule has 0 saturated carbocycles. The lowest BCUT2D eigenvalue weighted by molar-refractivity contribution is -0.125. The molecule has 1 aromatic carbocycles. The average molecular weight is 406 g/mol. The summed E-state index contributed by atoms with van der Waals surface area (Å²) in [7, 11) is 0. The molecular formula is C19H30Cl2FN3O. The smallest absolute Gasteiger partial charge is 0.237 e. The lowest BCUT2D eigenvalue weighted by atomic mass is 9.96. The number of benzene rings is 1. The molecule has 2 fully saturated rings. The van der Waals surface area contributed by atoms with Crippen LogP contribution in [-0.2, 0) is 11.3 Å². The van der Waals surface area contributed by atoms with E-state index < -0.39 is 0 Å². The molecule has 0 aromatic heterocycles. The Morgan fingerprint density at radius 3 is 2.65 bits per heavy atom. The van der Waals surface area contributed by atoms with Crippen molar-refractivity contribution in [3.8, 4) is 0 Å². The fraction of sp³-hybridized carbons (Fsp3) is 0.632. The fourth-order valence-corrected chi connectivity index (χ4v) is 3.82. The van der Waals surface area contributed by atoms with E-state index in [0.29, 0.717) is 12.5 Å². The summed E-state index contributed by atoms with van der Waals surface area (Å²) in [6.07, 6.45) is 5.53. The lowest BCUT2D eigenvalue weighted by Gasteiger charge is -2.25. The van der Waals surface area contributed by atoms with Gasteiger partial charge in [0, 0.05) is 13.1 Å². The maximum absolute atomic E-state index is 13.0. The van der Waals surface area contributed by atoms with Gasteiger partial charge in [-0.1, -0.05) is 12.1 Å². The van der Waals surface area contributed by atoms with Crippen LogP contribution in [-0.4, -0.2) is 43.0 Å². The van der Waals surface area contributed by atoms with Gasteiger partial charge in [0.1, 0.15) is 5.82 Å². The molecule has 3 rings (SSSR count). The van der Waals surface area contributed by atoms with Gasteiger partial charge in [0.05, 0.1) is 6.04 Å². The molecule has 0 radical (unpaired) electrons. The van der Waals surface area contributed by atoms with Gasteiger partial charge in [-0.2, -0.15) is 0 Å². The van der Waals surface area contributed by atoms with E-state index in [1.807, 2.05) is 0 Å². The van der Waals surface area contributed by atoms with Gasteiger partial charge in [-0.3, -0.25) is 9.69 Å². The van der Waals surface area contributed by atoms with Crippen LogP contribution in [0.3, 0.4) is 0 Å². The van der Waals surface area contributed by atoms with Crippen LogP contribution in [0.2, 0.25) is 0 Å². The van der Waals surface area contributed by atoms with E-state index in [2.05, 4.69) is 15.5 Å². The van der Waals surface area contributed by atoms with Crippen molar-refractivity contribution in [3.05, 3.63) is 35.6 Å². The predicted octanol–water partition coefficient (Wildman–Crippen LogP) is 3.14. The molecule has 2 aliphatic heterocycles. The van der Waals surface area contributed by atoms with Crippen LogP contribution < -0.4 is 10.6 Å². The van der Waals surface area contributed by atoms with Crippen LogP contribution in [0.1, 0.15) is 37.7 Å². The van der Waals surface area contributed by atoms with Crippen LogP contribution in [0, 0.1) is 11.7 Å². The van der Waals surface area contributed by atoms with Gasteiger partial charge in [-0.25, -0.2) is 4.39 Å². The SMILES string of the molecule is Cl.Cl.O=C(NCCC1CCCNC1)C1CCCN1Cc1ccc(F)cc1. The molecule has 2 N–H and O–H groups in total. The maximum Gasteiger partial charge on any atom is 0.237 e. The number of piperidine rings is 1. The minimum Gasteiger partial charge on any atom is -0.355 e. The third-order valence-corrected chi connectivity index (χ3v) is 5.22. The summed E-state index contributed by atoms with van der Waals surface area (Å²) in [6, 6.07) is 6.54. The monoisotopic (exact) mass is 405 g/mol. The standard InChI is InChI=1S/C19H28FN3O.2ClH/c20-17-7-5-16(6-8-17)14-23-12-2-4-18(23)19(24)22-11-9-15-3-1-10-21-13-15;;/h5-8,15,18,21H,1-4,9-14H2,(H,22,24);2*1H. The lowest BCUT2D eigenvalue weighted by Crippen LogP contribution is -2.43. The predicted molar refractivity (Wildman–Crippen MR) is 108 cm³/mol. The summed E-state index contributed by atoms with van der Waals surface area (Å²) in [5.41, 5.74) is 1.06. The summed E-state index contributed by atoms with van der Waals surface area (Å²) in [4.78, 5) is 14.7. The number of carbonyl (C=O) groups excluding carboxylic acids is 1. The van der Waals surface area contributed by atoms with E-state index in [1.54, 1.807) is 12.1 Å². The number of likely N-dealkylation sites (tertiary alicyclic amines) is 1. The third-order valence-electron chi connectivity index (χ3n) is 5.22. The topological polar surface area (TPSA) is 44.4 Å². The van der Waals surface area contributed by atoms with Crippen molar-refractivity contribution in [2.45, 2.75) is 44.7 Å². The van der Waals surface area contributed by atoms with E-state index in [9.17, 15) is 9.18 Å². The molecule has 0 aliphatic carbocycles. The van der Waals surface area contributed by atoms with Crippen LogP contribution in [0.4, 0.5) is 4.39 Å². The minimum absolute atomic E-state index is 0. The molecule has 2 unspecified atom stereocenters. The van der Waals surface area contributed by atoms with E-state index in [4.69, 9.17) is 0 Å². The number of amides is 1. The Balaban J connectivity index is 0.00000169. The highest BCUT2D eigenvalue weighted by Crippen LogP contribution is 2.20. The molecule has 1 aromatic rings. The second kappa shape index (κ2) is 11.8. The summed E-state index contributed by atoms with van der Waals surface area (Å²) >= 11 is 0. The summed E-state index contributed by atoms with van der Waals surface area (Å²) in [6.45, 7) is 4.62. The van der Waals surface area contributed by atoms with E-state index in [-0.39, 0.29) is 42.6 Å². The molecule has 1 amide bonds. The van der Waals surface area contributed by atoms with Crippen molar-refractivity contribution in [2.24, 2.45) is 5.92 Å². The zero-order valence-electron chi connectivity index (χ0n) is 15.1. The molecule has 26 heavy (non-hydrogen) atoms. The van der Waals surface area contributed by atoms with Crippen molar-refractivity contribution in [1.29, 1.82) is 0 Å². The summed E-state index contributed by atoms with van der Waals surface area (Å²) < 4.78 is 13.0. The number of hydrogen-bond donors (Lipinski definition) is 2. The van der Waals surface area contributed by atoms with Crippen molar-refractivity contribution in [1.82, 2.24) is 15.5 Å². The largest absolute Gasteiger partial charge is 0.355 e. The molecular weight excluding hydrogens is 376 g/mol. The molecule has 2 heterocycles. The van der Waals surface area contributed by atoms with Gasteiger partial charge in [0.2, 0.25) is 5.91 Å². The van der Waals surface area contributed by atoms with Gasteiger partial charge in [0.25, 0.3) is 0 Å². The number of rotatable bonds is 6. The average Bonchev–Trinajstić information content (AvgIpc) is 3.06. The number of nitrogens with one attached hydrogen (secondary N) is 2. The molecule has 148 valence electrons. The quantitative estimate of drug-likeness (QED) is 0.763. The van der Waals surface area contributed by atoms with Crippen LogP contribution >= 0.6 is 24.8 Å². The van der Waals surface area contributed by atoms with E-state index in [0.717, 1.165) is 51.0 Å². The summed E-state index contributed by atoms with van der Waals surface area (Å²) in [5, 5.41) is 6.55. The highest BCUT2D eigenvalue weighted by atomic mass is 35.5. The Bertz CT molecular complexity index is 538. The van der Waals surface area contributed by atoms with Crippen molar-refractivity contribution < 1.29 is 9.18 Å². The molecule has 2 saturated heterocycles. The molecule has 2 atom stereocenters. The van der Waals surface area contributed by atoms with Crippen LogP contribution in [0.25, 0.3) is 0 Å². The zero-order chi connectivity index (χ0) is 16.8. The van der Waals surface area contributed by atoms with Crippen molar-refractivity contribution >= 4 is 30.7 Å². The highest BCUT2D eigenvalue weighted by molar-refractivity contribution is 5.85. The van der Waals surface area contributed by atoms with Gasteiger partial charge >= 0.3 is 0 Å². The highest BCUT2D eigenvalue weighted by Gasteiger charge is 2.30. The van der Waals surface area contributed by atoms with E-state index >= 15 is 0 Å². The Labute approximate surface area is 168 Å². The first kappa shape index (κ1) is 23.2. The van der Waals surface area contributed by atoms with E-state index in [1.165, 1.54) is 25.0 Å². The maximum atomic E-state index is 13.0. The van der Waals surface area contributed by atoms with Crippen molar-refractivity contribution in [2.75, 3.05) is 26.2 Å². The number of carbonyl (C=O) groups is 1. The van der Waals surface area contributed by atoms with Gasteiger partial charge < -0.3 is 10.6 Å². The molecule has 0 spiro atoms. The minimum atomic E-state index is -0.216. The van der Waals surface area contributed by atoms with Crippen LogP contribution in [0.5, 0.6) is 0 Å². The molecule has 7 heteroatoms. The van der Waals surface area contributed by atoms with Crippen molar-refractivity contribution in [3.63, 3.8) is 0 Å². The van der Waals surface area contributed by atoms with Gasteiger partial charge in [-0.05, 0) is 75.4 Å². The Hall–Kier alpha value is -0.880. The molecule has 4 nitrogen and oxygen atoms in total. The molecule has 2 aliphatic rings. The van der Waals surface area contributed by atoms with Gasteiger partial charge in [-0.15, -0.1) is 24.8 Å². The number of nitrogens with zero attached hydrogens (tertiary/aromatic N) is 1. The number of halogens is 3. The Kier molecular flexibility index (Phi) is 10.5. The molecule has 0 bridgehead atoms. The zero-order valence-corrected chi connectivity index (χ0v) is 16.7. The second-order valence-corrected chi connectivity index (χ2v) is 7.05. The van der Waals surface area contributed by atoms with Crippen LogP contribution in [0.15, 0.2) is 24.3 Å². The van der Waals surface area contributed by atoms with Gasteiger partial charge in [0.15, 0.2) is 0 Å². The first-order chi connectivity index (χ1) is 11.7. The Morgan fingerprint density at radius 1 is 1.19 bits per heavy atom. The first-order valence-electron chi connectivity index (χ1n) is 9.19. The summed E-state index contributed by atoms with van der Waals surface area (Å²) in [5.74, 6) is 0.628.